The molecule has 0 unspecified atom stereocenters. The molecule has 3 aromatic rings. The zero-order chi connectivity index (χ0) is 23.8. The van der Waals surface area contributed by atoms with Gasteiger partial charge in [0.1, 0.15) is 5.75 Å². The van der Waals surface area contributed by atoms with Gasteiger partial charge in [0, 0.05) is 11.6 Å². The Kier molecular flexibility index (Phi) is 6.02. The molecule has 3 aromatic carbocycles. The van der Waals surface area contributed by atoms with Crippen molar-refractivity contribution in [2.45, 2.75) is 12.5 Å². The van der Waals surface area contributed by atoms with Gasteiger partial charge >= 0.3 is 0 Å². The average Bonchev–Trinajstić information content (AvgIpc) is 3.08. The lowest BCUT2D eigenvalue weighted by Crippen LogP contribution is -2.47. The number of imide groups is 1. The molecule has 0 N–H and O–H groups in total. The van der Waals surface area contributed by atoms with E-state index >= 15 is 0 Å². The molecule has 172 valence electrons. The van der Waals surface area contributed by atoms with Crippen molar-refractivity contribution in [3.05, 3.63) is 99.0 Å². The smallest absolute Gasteiger partial charge is 0.261 e. The van der Waals surface area contributed by atoms with Crippen LogP contribution in [0.25, 0.3) is 0 Å². The van der Waals surface area contributed by atoms with Gasteiger partial charge in [0.2, 0.25) is 0 Å². The molecule has 0 saturated carbocycles. The van der Waals surface area contributed by atoms with Crippen LogP contribution in [0.2, 0.25) is 10.0 Å². The molecule has 3 amide bonds. The predicted octanol–water partition coefficient (Wildman–Crippen LogP) is 4.79. The molecule has 0 aliphatic carbocycles. The van der Waals surface area contributed by atoms with Gasteiger partial charge in [-0.2, -0.15) is 0 Å². The summed E-state index contributed by atoms with van der Waals surface area (Å²) in [5.74, 6) is -0.601. The molecule has 2 aliphatic heterocycles. The minimum absolute atomic E-state index is 0.0663. The molecule has 34 heavy (non-hydrogen) atoms. The van der Waals surface area contributed by atoms with Crippen molar-refractivity contribution in [3.8, 4) is 5.75 Å². The third-order valence-corrected chi connectivity index (χ3v) is 6.74. The van der Waals surface area contributed by atoms with Crippen LogP contribution < -0.4 is 4.74 Å². The topological polar surface area (TPSA) is 66.9 Å². The lowest BCUT2D eigenvalue weighted by Gasteiger charge is -2.38. The van der Waals surface area contributed by atoms with Crippen molar-refractivity contribution in [3.63, 3.8) is 0 Å². The summed E-state index contributed by atoms with van der Waals surface area (Å²) < 4.78 is 5.68. The third-order valence-electron chi connectivity index (χ3n) is 6.21. The van der Waals surface area contributed by atoms with E-state index in [4.69, 9.17) is 27.9 Å². The highest BCUT2D eigenvalue weighted by atomic mass is 35.5. The highest BCUT2D eigenvalue weighted by molar-refractivity contribution is 6.35. The normalized spacial score (nSPS) is 16.9. The summed E-state index contributed by atoms with van der Waals surface area (Å²) in [7, 11) is 0. The first-order valence-corrected chi connectivity index (χ1v) is 11.6. The van der Waals surface area contributed by atoms with Gasteiger partial charge in [-0.3, -0.25) is 19.3 Å². The van der Waals surface area contributed by atoms with E-state index in [2.05, 4.69) is 0 Å². The summed E-state index contributed by atoms with van der Waals surface area (Å²) >= 11 is 12.1. The number of halogens is 2. The maximum atomic E-state index is 13.3. The number of rotatable bonds is 5. The number of fused-ring (bicyclic) bond motifs is 2. The van der Waals surface area contributed by atoms with Gasteiger partial charge < -0.3 is 9.64 Å². The summed E-state index contributed by atoms with van der Waals surface area (Å²) in [6.45, 7) is 0.278. The van der Waals surface area contributed by atoms with Crippen LogP contribution in [0.1, 0.15) is 37.9 Å². The van der Waals surface area contributed by atoms with Crippen molar-refractivity contribution in [1.29, 1.82) is 0 Å². The van der Waals surface area contributed by atoms with Crippen molar-refractivity contribution in [2.75, 3.05) is 19.7 Å². The maximum absolute atomic E-state index is 13.3. The molecular weight excluding hydrogens is 475 g/mol. The van der Waals surface area contributed by atoms with Crippen molar-refractivity contribution < 1.29 is 19.1 Å². The van der Waals surface area contributed by atoms with Crippen LogP contribution in [0, 0.1) is 0 Å². The summed E-state index contributed by atoms with van der Waals surface area (Å²) in [4.78, 5) is 42.2. The number of amides is 3. The fraction of sp³-hybridized carbons (Fsp3) is 0.192. The first-order chi connectivity index (χ1) is 16.4. The van der Waals surface area contributed by atoms with E-state index in [1.54, 1.807) is 47.4 Å². The van der Waals surface area contributed by atoms with E-state index in [-0.39, 0.29) is 30.9 Å². The van der Waals surface area contributed by atoms with E-state index in [0.29, 0.717) is 39.9 Å². The van der Waals surface area contributed by atoms with Gasteiger partial charge in [0.05, 0.1) is 28.7 Å². The Hall–Kier alpha value is -3.35. The first kappa shape index (κ1) is 22.4. The molecule has 2 aliphatic rings. The monoisotopic (exact) mass is 494 g/mol. The summed E-state index contributed by atoms with van der Waals surface area (Å²) in [6, 6.07) is 18.9. The molecule has 6 nitrogen and oxygen atoms in total. The Morgan fingerprint density at radius 3 is 2.32 bits per heavy atom. The van der Waals surface area contributed by atoms with E-state index < -0.39 is 6.04 Å². The molecule has 5 rings (SSSR count). The molecule has 8 heteroatoms. The van der Waals surface area contributed by atoms with E-state index in [1.165, 1.54) is 4.90 Å². The first-order valence-electron chi connectivity index (χ1n) is 10.8. The van der Waals surface area contributed by atoms with Crippen LogP contribution in [0.5, 0.6) is 5.75 Å². The molecule has 2 heterocycles. The molecular formula is C26H20Cl2N2O4. The van der Waals surface area contributed by atoms with Gasteiger partial charge in [-0.1, -0.05) is 59.6 Å². The number of hydrogen-bond acceptors (Lipinski definition) is 4. The van der Waals surface area contributed by atoms with Gasteiger partial charge in [0.15, 0.2) is 6.61 Å². The second-order valence-corrected chi connectivity index (χ2v) is 9.03. The van der Waals surface area contributed by atoms with E-state index in [0.717, 1.165) is 11.1 Å². The predicted molar refractivity (Wildman–Crippen MR) is 128 cm³/mol. The molecule has 0 radical (unpaired) electrons. The standard InChI is InChI=1S/C26H20Cl2N2O4/c27-17-9-10-23(21(28)13-17)34-15-24(31)29-12-11-16-5-1-2-6-18(16)22(29)14-30-25(32)19-7-3-4-8-20(19)26(30)33/h1-10,13,22H,11-12,14-15H2/t22-/m0/s1. The van der Waals surface area contributed by atoms with Crippen LogP contribution in [0.3, 0.4) is 0 Å². The van der Waals surface area contributed by atoms with Gasteiger partial charge in [-0.05, 0) is 47.9 Å². The zero-order valence-electron chi connectivity index (χ0n) is 18.0. The fourth-order valence-corrected chi connectivity index (χ4v) is 5.00. The van der Waals surface area contributed by atoms with Crippen molar-refractivity contribution in [2.24, 2.45) is 0 Å². The maximum Gasteiger partial charge on any atom is 0.261 e. The molecule has 0 bridgehead atoms. The largest absolute Gasteiger partial charge is 0.482 e. The lowest BCUT2D eigenvalue weighted by molar-refractivity contribution is -0.136. The number of nitrogens with zero attached hydrogens (tertiary/aromatic N) is 2. The average molecular weight is 495 g/mol. The van der Waals surface area contributed by atoms with Crippen LogP contribution in [0.4, 0.5) is 0 Å². The van der Waals surface area contributed by atoms with Gasteiger partial charge in [-0.15, -0.1) is 0 Å². The molecule has 0 aromatic heterocycles. The van der Waals surface area contributed by atoms with Gasteiger partial charge in [0.25, 0.3) is 17.7 Å². The molecule has 1 atom stereocenters. The number of carbonyl (C=O) groups is 3. The number of carbonyl (C=O) groups excluding carboxylic acids is 3. The van der Waals surface area contributed by atoms with Crippen LogP contribution >= 0.6 is 23.2 Å². The lowest BCUT2D eigenvalue weighted by atomic mass is 9.92. The summed E-state index contributed by atoms with van der Waals surface area (Å²) in [5, 5.41) is 0.782. The summed E-state index contributed by atoms with van der Waals surface area (Å²) in [6.07, 6.45) is 0.669. The highest BCUT2D eigenvalue weighted by Gasteiger charge is 2.40. The molecule has 0 spiro atoms. The minimum atomic E-state index is -0.482. The Morgan fingerprint density at radius 2 is 1.62 bits per heavy atom. The third kappa shape index (κ3) is 4.04. The van der Waals surface area contributed by atoms with E-state index in [1.807, 2.05) is 24.3 Å². The van der Waals surface area contributed by atoms with Crippen molar-refractivity contribution >= 4 is 40.9 Å². The highest BCUT2D eigenvalue weighted by Crippen LogP contribution is 2.34. The number of benzene rings is 3. The Morgan fingerprint density at radius 1 is 0.941 bits per heavy atom. The van der Waals surface area contributed by atoms with Crippen LogP contribution in [-0.2, 0) is 11.2 Å². The fourth-order valence-electron chi connectivity index (χ4n) is 4.54. The SMILES string of the molecule is O=C1c2ccccc2C(=O)N1C[C@H]1c2ccccc2CCN1C(=O)COc1ccc(Cl)cc1Cl. The minimum Gasteiger partial charge on any atom is -0.482 e. The number of hydrogen-bond donors (Lipinski definition) is 0. The number of ether oxygens (including phenoxy) is 1. The second kappa shape index (κ2) is 9.12. The van der Waals surface area contributed by atoms with Crippen LogP contribution in [-0.4, -0.2) is 47.2 Å². The van der Waals surface area contributed by atoms with Crippen LogP contribution in [0.15, 0.2) is 66.7 Å². The van der Waals surface area contributed by atoms with Crippen molar-refractivity contribution in [1.82, 2.24) is 9.80 Å². The Balaban J connectivity index is 1.40. The van der Waals surface area contributed by atoms with Gasteiger partial charge in [-0.25, -0.2) is 0 Å². The summed E-state index contributed by atoms with van der Waals surface area (Å²) in [5.41, 5.74) is 2.78. The van der Waals surface area contributed by atoms with E-state index in [9.17, 15) is 14.4 Å². The second-order valence-electron chi connectivity index (χ2n) is 8.18. The molecule has 0 saturated heterocycles. The Labute approximate surface area is 206 Å². The molecule has 0 fully saturated rings. The zero-order valence-corrected chi connectivity index (χ0v) is 19.6. The Bertz CT molecular complexity index is 1270. The quantitative estimate of drug-likeness (QED) is 0.478.